The van der Waals surface area contributed by atoms with Crippen molar-refractivity contribution in [3.63, 3.8) is 0 Å². The third-order valence-corrected chi connectivity index (χ3v) is 5.00. The van der Waals surface area contributed by atoms with Gasteiger partial charge in [0.1, 0.15) is 12.4 Å². The van der Waals surface area contributed by atoms with Crippen molar-refractivity contribution in [1.29, 1.82) is 0 Å². The normalized spacial score (nSPS) is 13.3. The fourth-order valence-electron chi connectivity index (χ4n) is 2.89. The number of nitrogens with two attached hydrogens (primary N) is 1. The summed E-state index contributed by atoms with van der Waals surface area (Å²) in [7, 11) is 1.46. The van der Waals surface area contributed by atoms with E-state index in [1.165, 1.54) is 12.7 Å². The molecular formula is C21H26ClNO3. The van der Waals surface area contributed by atoms with Crippen LogP contribution in [0.3, 0.4) is 0 Å². The van der Waals surface area contributed by atoms with Crippen molar-refractivity contribution in [2.45, 2.75) is 45.8 Å². The third kappa shape index (κ3) is 4.19. The molecule has 4 nitrogen and oxygen atoms in total. The van der Waals surface area contributed by atoms with Crippen LogP contribution in [0, 0.1) is 0 Å². The van der Waals surface area contributed by atoms with Gasteiger partial charge in [0.15, 0.2) is 5.60 Å². The molecule has 0 saturated heterocycles. The van der Waals surface area contributed by atoms with Crippen molar-refractivity contribution in [3.05, 3.63) is 63.7 Å². The molecule has 2 aromatic rings. The van der Waals surface area contributed by atoms with Crippen LogP contribution in [-0.4, -0.2) is 13.0 Å². The highest BCUT2D eigenvalue weighted by atomic mass is 35.5. The molecule has 0 bridgehead atoms. The number of carbonyl (C=O) groups excluding carboxylic acids is 1. The number of carbonyl (C=O) groups is 1. The van der Waals surface area contributed by atoms with Gasteiger partial charge in [0.25, 0.3) is 5.91 Å². The van der Waals surface area contributed by atoms with Gasteiger partial charge in [-0.25, -0.2) is 0 Å². The topological polar surface area (TPSA) is 61.6 Å². The quantitative estimate of drug-likeness (QED) is 0.744. The molecule has 0 saturated carbocycles. The highest BCUT2D eigenvalue weighted by Crippen LogP contribution is 2.31. The van der Waals surface area contributed by atoms with Gasteiger partial charge in [-0.05, 0) is 60.2 Å². The molecule has 1 unspecified atom stereocenters. The fraction of sp³-hybridized carbons (Fsp3) is 0.381. The minimum atomic E-state index is -1.25. The molecule has 0 aliphatic heterocycles. The van der Waals surface area contributed by atoms with Crippen LogP contribution in [0.1, 0.15) is 43.0 Å². The van der Waals surface area contributed by atoms with Crippen molar-refractivity contribution in [1.82, 2.24) is 0 Å². The average molecular weight is 376 g/mol. The summed E-state index contributed by atoms with van der Waals surface area (Å²) < 4.78 is 11.5. The number of methoxy groups -OCH3 is 1. The van der Waals surface area contributed by atoms with Crippen LogP contribution in [0.5, 0.6) is 5.75 Å². The lowest BCUT2D eigenvalue weighted by Crippen LogP contribution is -2.41. The third-order valence-electron chi connectivity index (χ3n) is 4.76. The molecule has 0 aromatic heterocycles. The largest absolute Gasteiger partial charge is 0.489 e. The Morgan fingerprint density at radius 2 is 1.85 bits per heavy atom. The number of benzene rings is 2. The number of rotatable bonds is 8. The smallest absolute Gasteiger partial charge is 0.254 e. The highest BCUT2D eigenvalue weighted by molar-refractivity contribution is 6.30. The SMILES string of the molecule is CCc1ccc(CC)c(OCc2cc(Cl)ccc2C(C)(OC)C(N)=O)c1. The highest BCUT2D eigenvalue weighted by Gasteiger charge is 2.35. The Balaban J connectivity index is 2.39. The van der Waals surface area contributed by atoms with E-state index in [2.05, 4.69) is 32.0 Å². The van der Waals surface area contributed by atoms with Crippen LogP contribution in [0.25, 0.3) is 0 Å². The van der Waals surface area contributed by atoms with Gasteiger partial charge in [-0.3, -0.25) is 4.79 Å². The molecule has 0 radical (unpaired) electrons. The molecule has 0 spiro atoms. The van der Waals surface area contributed by atoms with E-state index >= 15 is 0 Å². The van der Waals surface area contributed by atoms with Gasteiger partial charge < -0.3 is 15.2 Å². The van der Waals surface area contributed by atoms with Crippen LogP contribution in [-0.2, 0) is 34.6 Å². The Labute approximate surface area is 160 Å². The van der Waals surface area contributed by atoms with E-state index in [1.54, 1.807) is 25.1 Å². The molecule has 1 atom stereocenters. The summed E-state index contributed by atoms with van der Waals surface area (Å²) in [6, 6.07) is 11.5. The van der Waals surface area contributed by atoms with Gasteiger partial charge in [0.05, 0.1) is 0 Å². The van der Waals surface area contributed by atoms with E-state index in [1.807, 2.05) is 0 Å². The lowest BCUT2D eigenvalue weighted by Gasteiger charge is -2.27. The Bertz CT molecular complexity index is 791. The van der Waals surface area contributed by atoms with E-state index in [0.29, 0.717) is 10.6 Å². The number of ether oxygens (including phenoxy) is 2. The summed E-state index contributed by atoms with van der Waals surface area (Å²) in [5.74, 6) is 0.279. The predicted molar refractivity (Wildman–Crippen MR) is 105 cm³/mol. The predicted octanol–water partition coefficient (Wildman–Crippen LogP) is 4.39. The molecule has 2 rings (SSSR count). The Kier molecular flexibility index (Phi) is 6.68. The number of aryl methyl sites for hydroxylation is 2. The summed E-state index contributed by atoms with van der Waals surface area (Å²) in [5.41, 5.74) is 8.09. The van der Waals surface area contributed by atoms with Gasteiger partial charge >= 0.3 is 0 Å². The van der Waals surface area contributed by atoms with Crippen molar-refractivity contribution in [2.24, 2.45) is 5.73 Å². The average Bonchev–Trinajstić information content (AvgIpc) is 2.65. The molecule has 2 N–H and O–H groups in total. The zero-order valence-electron chi connectivity index (χ0n) is 15.8. The van der Waals surface area contributed by atoms with Gasteiger partial charge in [0, 0.05) is 12.1 Å². The molecule has 2 aromatic carbocycles. The van der Waals surface area contributed by atoms with Crippen molar-refractivity contribution < 1.29 is 14.3 Å². The number of hydrogen-bond acceptors (Lipinski definition) is 3. The maximum Gasteiger partial charge on any atom is 0.254 e. The molecule has 5 heteroatoms. The lowest BCUT2D eigenvalue weighted by molar-refractivity contribution is -0.139. The van der Waals surface area contributed by atoms with Crippen LogP contribution in [0.15, 0.2) is 36.4 Å². The van der Waals surface area contributed by atoms with Crippen LogP contribution >= 0.6 is 11.6 Å². The summed E-state index contributed by atoms with van der Waals surface area (Å²) in [6.45, 7) is 6.12. The van der Waals surface area contributed by atoms with Gasteiger partial charge in [-0.2, -0.15) is 0 Å². The van der Waals surface area contributed by atoms with E-state index in [4.69, 9.17) is 26.8 Å². The summed E-state index contributed by atoms with van der Waals surface area (Å²) in [6.07, 6.45) is 1.81. The lowest BCUT2D eigenvalue weighted by atomic mass is 9.90. The second kappa shape index (κ2) is 8.56. The standard InChI is InChI=1S/C21H26ClNO3/c1-5-14-7-8-15(6-2)19(11-14)26-13-16-12-17(22)9-10-18(16)21(3,25-4)20(23)24/h7-12H,5-6,13H2,1-4H3,(H2,23,24). The first-order chi connectivity index (χ1) is 12.3. The zero-order valence-corrected chi connectivity index (χ0v) is 16.5. The number of primary amides is 1. The maximum atomic E-state index is 12.0. The Hall–Kier alpha value is -2.04. The van der Waals surface area contributed by atoms with Gasteiger partial charge in [-0.15, -0.1) is 0 Å². The molecule has 0 fully saturated rings. The van der Waals surface area contributed by atoms with Crippen LogP contribution in [0.4, 0.5) is 0 Å². The first-order valence-electron chi connectivity index (χ1n) is 8.74. The van der Waals surface area contributed by atoms with E-state index in [0.717, 1.165) is 29.7 Å². The molecule has 1 amide bonds. The molecule has 140 valence electrons. The molecular weight excluding hydrogens is 350 g/mol. The van der Waals surface area contributed by atoms with E-state index in [-0.39, 0.29) is 6.61 Å². The first kappa shape index (κ1) is 20.3. The summed E-state index contributed by atoms with van der Waals surface area (Å²) in [4.78, 5) is 12.0. The van der Waals surface area contributed by atoms with Crippen LogP contribution in [0.2, 0.25) is 5.02 Å². The monoisotopic (exact) mass is 375 g/mol. The molecule has 0 aliphatic carbocycles. The number of halogens is 1. The molecule has 0 heterocycles. The second-order valence-corrected chi connectivity index (χ2v) is 6.78. The fourth-order valence-corrected chi connectivity index (χ4v) is 3.09. The molecule has 0 aliphatic rings. The maximum absolute atomic E-state index is 12.0. The molecule has 26 heavy (non-hydrogen) atoms. The van der Waals surface area contributed by atoms with Gasteiger partial charge in [-0.1, -0.05) is 43.6 Å². The van der Waals surface area contributed by atoms with Crippen molar-refractivity contribution in [2.75, 3.05) is 7.11 Å². The zero-order chi connectivity index (χ0) is 19.3. The van der Waals surface area contributed by atoms with Crippen LogP contribution < -0.4 is 10.5 Å². The number of hydrogen-bond donors (Lipinski definition) is 1. The summed E-state index contributed by atoms with van der Waals surface area (Å²) >= 11 is 6.17. The number of amides is 1. The first-order valence-corrected chi connectivity index (χ1v) is 9.12. The minimum Gasteiger partial charge on any atom is -0.489 e. The van der Waals surface area contributed by atoms with E-state index < -0.39 is 11.5 Å². The van der Waals surface area contributed by atoms with E-state index in [9.17, 15) is 4.79 Å². The van der Waals surface area contributed by atoms with Crippen molar-refractivity contribution in [3.8, 4) is 5.75 Å². The van der Waals surface area contributed by atoms with Crippen molar-refractivity contribution >= 4 is 17.5 Å². The second-order valence-electron chi connectivity index (χ2n) is 6.34. The minimum absolute atomic E-state index is 0.266. The Morgan fingerprint density at radius 1 is 1.12 bits per heavy atom. The Morgan fingerprint density at radius 3 is 2.42 bits per heavy atom. The summed E-state index contributed by atoms with van der Waals surface area (Å²) in [5, 5.41) is 0.563. The van der Waals surface area contributed by atoms with Gasteiger partial charge in [0.2, 0.25) is 0 Å².